The van der Waals surface area contributed by atoms with Crippen molar-refractivity contribution < 1.29 is 18.1 Å². The van der Waals surface area contributed by atoms with Crippen molar-refractivity contribution in [2.24, 2.45) is 0 Å². The van der Waals surface area contributed by atoms with Gasteiger partial charge in [0.15, 0.2) is 0 Å². The van der Waals surface area contributed by atoms with E-state index in [0.717, 1.165) is 30.6 Å². The molecule has 1 amide bonds. The van der Waals surface area contributed by atoms with Gasteiger partial charge in [-0.05, 0) is 50.1 Å². The minimum atomic E-state index is -3.60. The van der Waals surface area contributed by atoms with Crippen LogP contribution < -0.4 is 5.32 Å². The zero-order chi connectivity index (χ0) is 22.4. The smallest absolute Gasteiger partial charge is 0.269 e. The lowest BCUT2D eigenvalue weighted by Gasteiger charge is -2.20. The summed E-state index contributed by atoms with van der Waals surface area (Å²) in [7, 11) is -3.60. The number of non-ortho nitro benzene ring substituents is 1. The molecule has 2 aromatic carbocycles. The number of nitrogens with one attached hydrogen (secondary N) is 1. The summed E-state index contributed by atoms with van der Waals surface area (Å²) in [5.41, 5.74) is 0.404. The number of benzene rings is 2. The number of nitro benzene ring substituents is 1. The number of hydrogen-bond acceptors (Lipinski definition) is 6. The molecule has 1 heterocycles. The van der Waals surface area contributed by atoms with Crippen molar-refractivity contribution in [1.82, 2.24) is 4.31 Å². The quantitative estimate of drug-likeness (QED) is 0.373. The summed E-state index contributed by atoms with van der Waals surface area (Å²) >= 11 is 1.27. The normalized spacial score (nSPS) is 16.3. The van der Waals surface area contributed by atoms with Crippen molar-refractivity contribution in [3.63, 3.8) is 0 Å². The molecule has 1 aliphatic heterocycles. The van der Waals surface area contributed by atoms with Crippen LogP contribution in [0.15, 0.2) is 58.3 Å². The van der Waals surface area contributed by atoms with Crippen LogP contribution in [0.4, 0.5) is 11.4 Å². The molecule has 1 saturated heterocycles. The Morgan fingerprint density at radius 2 is 1.74 bits per heavy atom. The van der Waals surface area contributed by atoms with E-state index in [2.05, 4.69) is 5.32 Å². The van der Waals surface area contributed by atoms with E-state index >= 15 is 0 Å². The Bertz CT molecular complexity index is 1030. The molecule has 0 aromatic heterocycles. The largest absolute Gasteiger partial charge is 0.325 e. The Hall–Kier alpha value is -2.43. The first kappa shape index (κ1) is 23.2. The monoisotopic (exact) mass is 463 g/mol. The van der Waals surface area contributed by atoms with E-state index in [1.54, 1.807) is 37.3 Å². The van der Waals surface area contributed by atoms with Crippen molar-refractivity contribution in [2.45, 2.75) is 47.6 Å². The zero-order valence-electron chi connectivity index (χ0n) is 17.2. The lowest BCUT2D eigenvalue weighted by atomic mass is 10.2. The molecule has 31 heavy (non-hydrogen) atoms. The average Bonchev–Trinajstić information content (AvgIpc) is 3.04. The van der Waals surface area contributed by atoms with Gasteiger partial charge in [0, 0.05) is 35.8 Å². The standard InChI is InChI=1S/C21H25N3O5S2/c1-16(30-19-11-9-18(10-12-19)24(26)27)21(25)22-17-7-6-8-20(15-17)31(28,29)23-13-4-2-3-5-14-23/h6-12,15-16H,2-5,13-14H2,1H3,(H,22,25). The van der Waals surface area contributed by atoms with Crippen LogP contribution in [0, 0.1) is 10.1 Å². The van der Waals surface area contributed by atoms with Crippen LogP contribution in [-0.4, -0.2) is 41.9 Å². The summed E-state index contributed by atoms with van der Waals surface area (Å²) in [5, 5.41) is 13.0. The molecule has 166 valence electrons. The first-order valence-electron chi connectivity index (χ1n) is 10.1. The van der Waals surface area contributed by atoms with Gasteiger partial charge < -0.3 is 5.32 Å². The van der Waals surface area contributed by atoms with E-state index in [-0.39, 0.29) is 16.5 Å². The fraction of sp³-hybridized carbons (Fsp3) is 0.381. The molecule has 1 N–H and O–H groups in total. The highest BCUT2D eigenvalue weighted by molar-refractivity contribution is 8.00. The van der Waals surface area contributed by atoms with Gasteiger partial charge in [-0.1, -0.05) is 18.9 Å². The summed E-state index contributed by atoms with van der Waals surface area (Å²) in [6, 6.07) is 12.3. The molecule has 0 radical (unpaired) electrons. The number of rotatable bonds is 7. The van der Waals surface area contributed by atoms with Crippen LogP contribution in [0.25, 0.3) is 0 Å². The third-order valence-corrected chi connectivity index (χ3v) is 8.04. The SMILES string of the molecule is CC(Sc1ccc([N+](=O)[O-])cc1)C(=O)Nc1cccc(S(=O)(=O)N2CCCCCC2)c1. The number of sulfonamides is 1. The second-order valence-electron chi connectivity index (χ2n) is 7.35. The van der Waals surface area contributed by atoms with E-state index in [1.807, 2.05) is 0 Å². The summed E-state index contributed by atoms with van der Waals surface area (Å²) in [4.78, 5) is 23.8. The predicted molar refractivity (Wildman–Crippen MR) is 121 cm³/mol. The van der Waals surface area contributed by atoms with Crippen LogP contribution in [0.3, 0.4) is 0 Å². The molecule has 8 nitrogen and oxygen atoms in total. The van der Waals surface area contributed by atoms with Gasteiger partial charge >= 0.3 is 0 Å². The number of anilines is 1. The fourth-order valence-corrected chi connectivity index (χ4v) is 5.74. The molecule has 2 aromatic rings. The Morgan fingerprint density at radius 3 is 2.35 bits per heavy atom. The molecule has 3 rings (SSSR count). The molecule has 1 aliphatic rings. The van der Waals surface area contributed by atoms with Gasteiger partial charge in [0.25, 0.3) is 5.69 Å². The number of nitrogens with zero attached hydrogens (tertiary/aromatic N) is 2. The predicted octanol–water partition coefficient (Wildman–Crippen LogP) is 4.28. The van der Waals surface area contributed by atoms with Crippen LogP contribution in [0.5, 0.6) is 0 Å². The highest BCUT2D eigenvalue weighted by atomic mass is 32.2. The number of amides is 1. The summed E-state index contributed by atoms with van der Waals surface area (Å²) in [6.07, 6.45) is 3.78. The van der Waals surface area contributed by atoms with Gasteiger partial charge in [0.2, 0.25) is 15.9 Å². The first-order chi connectivity index (χ1) is 14.8. The van der Waals surface area contributed by atoms with E-state index in [9.17, 15) is 23.3 Å². The van der Waals surface area contributed by atoms with Gasteiger partial charge in [-0.25, -0.2) is 8.42 Å². The molecule has 0 aliphatic carbocycles. The van der Waals surface area contributed by atoms with E-state index in [1.165, 1.54) is 34.3 Å². The summed E-state index contributed by atoms with van der Waals surface area (Å²) in [6.45, 7) is 2.75. The number of thioether (sulfide) groups is 1. The highest BCUT2D eigenvalue weighted by Gasteiger charge is 2.25. The fourth-order valence-electron chi connectivity index (χ4n) is 3.31. The van der Waals surface area contributed by atoms with Gasteiger partial charge in [0.05, 0.1) is 15.1 Å². The summed E-state index contributed by atoms with van der Waals surface area (Å²) in [5.74, 6) is -0.285. The molecular formula is C21H25N3O5S2. The molecular weight excluding hydrogens is 438 g/mol. The topological polar surface area (TPSA) is 110 Å². The second kappa shape index (κ2) is 10.3. The number of carbonyl (C=O) groups excluding carboxylic acids is 1. The zero-order valence-corrected chi connectivity index (χ0v) is 18.8. The third kappa shape index (κ3) is 6.05. The molecule has 0 spiro atoms. The minimum Gasteiger partial charge on any atom is -0.325 e. The van der Waals surface area contributed by atoms with E-state index < -0.39 is 20.2 Å². The maximum atomic E-state index is 13.0. The van der Waals surface area contributed by atoms with Gasteiger partial charge in [-0.3, -0.25) is 14.9 Å². The maximum Gasteiger partial charge on any atom is 0.269 e. The molecule has 0 saturated carbocycles. The van der Waals surface area contributed by atoms with Crippen molar-refractivity contribution in [1.29, 1.82) is 0 Å². The molecule has 1 fully saturated rings. The summed E-state index contributed by atoms with van der Waals surface area (Å²) < 4.78 is 27.5. The average molecular weight is 464 g/mol. The Kier molecular flexibility index (Phi) is 7.69. The van der Waals surface area contributed by atoms with Crippen molar-refractivity contribution in [3.05, 3.63) is 58.6 Å². The van der Waals surface area contributed by atoms with Crippen LogP contribution in [0.1, 0.15) is 32.6 Å². The molecule has 1 unspecified atom stereocenters. The van der Waals surface area contributed by atoms with Crippen LogP contribution in [0.2, 0.25) is 0 Å². The van der Waals surface area contributed by atoms with Gasteiger partial charge in [0.1, 0.15) is 0 Å². The minimum absolute atomic E-state index is 0.0103. The van der Waals surface area contributed by atoms with Crippen molar-refractivity contribution in [2.75, 3.05) is 18.4 Å². The van der Waals surface area contributed by atoms with Crippen molar-refractivity contribution >= 4 is 39.1 Å². The van der Waals surface area contributed by atoms with E-state index in [0.29, 0.717) is 18.8 Å². The molecule has 0 bridgehead atoms. The molecule has 10 heteroatoms. The second-order valence-corrected chi connectivity index (χ2v) is 10.7. The Morgan fingerprint density at radius 1 is 1.10 bits per heavy atom. The highest BCUT2D eigenvalue weighted by Crippen LogP contribution is 2.27. The first-order valence-corrected chi connectivity index (χ1v) is 12.4. The van der Waals surface area contributed by atoms with Gasteiger partial charge in [-0.15, -0.1) is 11.8 Å². The molecule has 1 atom stereocenters. The number of hydrogen-bond donors (Lipinski definition) is 1. The van der Waals surface area contributed by atoms with Crippen molar-refractivity contribution in [3.8, 4) is 0 Å². The van der Waals surface area contributed by atoms with Crippen LogP contribution >= 0.6 is 11.8 Å². The Labute approximate surface area is 186 Å². The lowest BCUT2D eigenvalue weighted by molar-refractivity contribution is -0.384. The maximum absolute atomic E-state index is 13.0. The number of carbonyl (C=O) groups is 1. The lowest BCUT2D eigenvalue weighted by Crippen LogP contribution is -2.32. The van der Waals surface area contributed by atoms with E-state index in [4.69, 9.17) is 0 Å². The Balaban J connectivity index is 1.66. The van der Waals surface area contributed by atoms with Gasteiger partial charge in [-0.2, -0.15) is 4.31 Å². The number of nitro groups is 1. The van der Waals surface area contributed by atoms with Crippen LogP contribution in [-0.2, 0) is 14.8 Å². The third-order valence-electron chi connectivity index (χ3n) is 5.03.